The fraction of sp³-hybridized carbons (Fsp3) is 0.118. The van der Waals surface area contributed by atoms with Gasteiger partial charge in [0.2, 0.25) is 5.91 Å². The van der Waals surface area contributed by atoms with Gasteiger partial charge in [-0.3, -0.25) is 4.79 Å². The number of amides is 1. The van der Waals surface area contributed by atoms with E-state index in [1.165, 1.54) is 0 Å². The van der Waals surface area contributed by atoms with Gasteiger partial charge in [0, 0.05) is 0 Å². The van der Waals surface area contributed by atoms with Gasteiger partial charge < -0.3 is 14.9 Å². The van der Waals surface area contributed by atoms with Crippen LogP contribution in [0.25, 0.3) is 22.1 Å². The molecule has 0 unspecified atom stereocenters. The van der Waals surface area contributed by atoms with Crippen molar-refractivity contribution in [1.82, 2.24) is 24.8 Å². The molecule has 1 amide bonds. The average Bonchev–Trinajstić information content (AvgIpc) is 3.17. The molecule has 0 aliphatic rings. The summed E-state index contributed by atoms with van der Waals surface area (Å²) in [7, 11) is 0. The third-order valence-electron chi connectivity index (χ3n) is 3.73. The van der Waals surface area contributed by atoms with Crippen LogP contribution in [0.1, 0.15) is 5.82 Å². The molecule has 0 saturated heterocycles. The number of fused-ring (bicyclic) bond motifs is 2. The SMILES string of the molecule is O=C(Cn1cnc2ccccc21)NCc1nc2ccccc2[nH]1. The van der Waals surface area contributed by atoms with Crippen molar-refractivity contribution >= 4 is 28.0 Å². The summed E-state index contributed by atoms with van der Waals surface area (Å²) in [6.07, 6.45) is 1.69. The Morgan fingerprint density at radius 2 is 1.87 bits per heavy atom. The molecule has 6 heteroatoms. The number of carbonyl (C=O) groups excluding carboxylic acids is 1. The van der Waals surface area contributed by atoms with Crippen molar-refractivity contribution in [1.29, 1.82) is 0 Å². The minimum absolute atomic E-state index is 0.0754. The van der Waals surface area contributed by atoms with Crippen LogP contribution >= 0.6 is 0 Å². The van der Waals surface area contributed by atoms with E-state index in [9.17, 15) is 4.79 Å². The van der Waals surface area contributed by atoms with Crippen molar-refractivity contribution in [3.8, 4) is 0 Å². The lowest BCUT2D eigenvalue weighted by Gasteiger charge is -2.05. The number of nitrogens with zero attached hydrogens (tertiary/aromatic N) is 3. The Bertz CT molecular complexity index is 952. The molecule has 114 valence electrons. The second kappa shape index (κ2) is 5.57. The maximum absolute atomic E-state index is 12.1. The molecule has 2 aromatic carbocycles. The summed E-state index contributed by atoms with van der Waals surface area (Å²) >= 11 is 0. The molecule has 6 nitrogen and oxygen atoms in total. The van der Waals surface area contributed by atoms with Crippen molar-refractivity contribution in [2.45, 2.75) is 13.1 Å². The molecule has 4 rings (SSSR count). The molecular weight excluding hydrogens is 290 g/mol. The molecule has 0 fully saturated rings. The minimum Gasteiger partial charge on any atom is -0.347 e. The smallest absolute Gasteiger partial charge is 0.240 e. The van der Waals surface area contributed by atoms with Crippen LogP contribution in [0.2, 0.25) is 0 Å². The molecule has 0 saturated carbocycles. The zero-order valence-electron chi connectivity index (χ0n) is 12.4. The van der Waals surface area contributed by atoms with Crippen LogP contribution in [-0.4, -0.2) is 25.4 Å². The van der Waals surface area contributed by atoms with Crippen LogP contribution in [0.3, 0.4) is 0 Å². The number of aromatic amines is 1. The monoisotopic (exact) mass is 305 g/mol. The van der Waals surface area contributed by atoms with Gasteiger partial charge in [0.05, 0.1) is 34.9 Å². The lowest BCUT2D eigenvalue weighted by Crippen LogP contribution is -2.27. The van der Waals surface area contributed by atoms with E-state index in [1.807, 2.05) is 53.1 Å². The van der Waals surface area contributed by atoms with Crippen molar-refractivity contribution in [3.05, 3.63) is 60.7 Å². The van der Waals surface area contributed by atoms with Gasteiger partial charge in [-0.2, -0.15) is 0 Å². The first-order valence-electron chi connectivity index (χ1n) is 7.40. The fourth-order valence-corrected chi connectivity index (χ4v) is 2.62. The fourth-order valence-electron chi connectivity index (χ4n) is 2.62. The minimum atomic E-state index is -0.0754. The van der Waals surface area contributed by atoms with E-state index in [-0.39, 0.29) is 12.5 Å². The molecule has 2 N–H and O–H groups in total. The maximum Gasteiger partial charge on any atom is 0.240 e. The van der Waals surface area contributed by atoms with Crippen molar-refractivity contribution in [3.63, 3.8) is 0 Å². The molecule has 0 atom stereocenters. The van der Waals surface area contributed by atoms with Gasteiger partial charge in [0.1, 0.15) is 12.4 Å². The van der Waals surface area contributed by atoms with Crippen LogP contribution in [-0.2, 0) is 17.9 Å². The van der Waals surface area contributed by atoms with Gasteiger partial charge in [-0.15, -0.1) is 0 Å². The molecule has 2 heterocycles. The summed E-state index contributed by atoms with van der Waals surface area (Å²) < 4.78 is 1.84. The largest absolute Gasteiger partial charge is 0.347 e. The van der Waals surface area contributed by atoms with Gasteiger partial charge in [-0.25, -0.2) is 9.97 Å². The number of H-pyrrole nitrogens is 1. The third kappa shape index (κ3) is 2.66. The Hall–Kier alpha value is -3.15. The summed E-state index contributed by atoms with van der Waals surface area (Å²) in [4.78, 5) is 24.1. The van der Waals surface area contributed by atoms with Crippen molar-refractivity contribution in [2.75, 3.05) is 0 Å². The van der Waals surface area contributed by atoms with E-state index >= 15 is 0 Å². The lowest BCUT2D eigenvalue weighted by atomic mass is 10.3. The molecule has 0 aliphatic heterocycles. The van der Waals surface area contributed by atoms with Crippen LogP contribution in [0, 0.1) is 0 Å². The first-order valence-corrected chi connectivity index (χ1v) is 7.40. The molecule has 0 aliphatic carbocycles. The van der Waals surface area contributed by atoms with E-state index in [0.717, 1.165) is 27.9 Å². The molecular formula is C17H15N5O. The summed E-state index contributed by atoms with van der Waals surface area (Å²) in [6, 6.07) is 15.5. The summed E-state index contributed by atoms with van der Waals surface area (Å²) in [6.45, 7) is 0.612. The zero-order valence-corrected chi connectivity index (χ0v) is 12.4. The van der Waals surface area contributed by atoms with Crippen molar-refractivity contribution < 1.29 is 4.79 Å². The summed E-state index contributed by atoms with van der Waals surface area (Å²) in [5, 5.41) is 2.88. The Morgan fingerprint density at radius 1 is 1.09 bits per heavy atom. The van der Waals surface area contributed by atoms with Crippen molar-refractivity contribution in [2.24, 2.45) is 0 Å². The number of para-hydroxylation sites is 4. The highest BCUT2D eigenvalue weighted by Gasteiger charge is 2.08. The highest BCUT2D eigenvalue weighted by Crippen LogP contribution is 2.12. The quantitative estimate of drug-likeness (QED) is 0.607. The molecule has 23 heavy (non-hydrogen) atoms. The Kier molecular flexibility index (Phi) is 3.27. The van der Waals surface area contributed by atoms with Gasteiger partial charge in [-0.05, 0) is 24.3 Å². The van der Waals surface area contributed by atoms with E-state index in [0.29, 0.717) is 6.54 Å². The summed E-state index contributed by atoms with van der Waals surface area (Å²) in [5.41, 5.74) is 3.71. The maximum atomic E-state index is 12.1. The van der Waals surface area contributed by atoms with E-state index < -0.39 is 0 Å². The third-order valence-corrected chi connectivity index (χ3v) is 3.73. The topological polar surface area (TPSA) is 75.6 Å². The van der Waals surface area contributed by atoms with Gasteiger partial charge >= 0.3 is 0 Å². The molecule has 0 radical (unpaired) electrons. The number of carbonyl (C=O) groups is 1. The number of rotatable bonds is 4. The lowest BCUT2D eigenvalue weighted by molar-refractivity contribution is -0.121. The second-order valence-electron chi connectivity index (χ2n) is 5.34. The number of benzene rings is 2. The predicted molar refractivity (Wildman–Crippen MR) is 87.7 cm³/mol. The standard InChI is InChI=1S/C17H15N5O/c23-17(10-22-11-19-14-7-3-4-8-15(14)22)18-9-16-20-12-5-1-2-6-13(12)21-16/h1-8,11H,9-10H2,(H,18,23)(H,20,21). The van der Waals surface area contributed by atoms with Crippen LogP contribution in [0.15, 0.2) is 54.9 Å². The molecule has 0 bridgehead atoms. The Morgan fingerprint density at radius 3 is 2.74 bits per heavy atom. The van der Waals surface area contributed by atoms with Crippen LogP contribution < -0.4 is 5.32 Å². The highest BCUT2D eigenvalue weighted by molar-refractivity contribution is 5.80. The van der Waals surface area contributed by atoms with E-state index in [1.54, 1.807) is 6.33 Å². The summed E-state index contributed by atoms with van der Waals surface area (Å²) in [5.74, 6) is 0.670. The number of nitrogens with one attached hydrogen (secondary N) is 2. The normalized spacial score (nSPS) is 11.1. The highest BCUT2D eigenvalue weighted by atomic mass is 16.1. The average molecular weight is 305 g/mol. The van der Waals surface area contributed by atoms with Crippen LogP contribution in [0.4, 0.5) is 0 Å². The Labute approximate surface area is 132 Å². The number of imidazole rings is 2. The second-order valence-corrected chi connectivity index (χ2v) is 5.34. The Balaban J connectivity index is 1.43. The van der Waals surface area contributed by atoms with Crippen LogP contribution in [0.5, 0.6) is 0 Å². The molecule has 2 aromatic heterocycles. The van der Waals surface area contributed by atoms with Gasteiger partial charge in [-0.1, -0.05) is 24.3 Å². The predicted octanol–water partition coefficient (Wildman–Crippen LogP) is 2.23. The van der Waals surface area contributed by atoms with E-state index in [4.69, 9.17) is 0 Å². The number of hydrogen-bond donors (Lipinski definition) is 2. The first-order chi connectivity index (χ1) is 11.3. The number of aromatic nitrogens is 4. The van der Waals surface area contributed by atoms with E-state index in [2.05, 4.69) is 20.3 Å². The zero-order chi connectivity index (χ0) is 15.6. The van der Waals surface area contributed by atoms with Gasteiger partial charge in [0.15, 0.2) is 0 Å². The molecule has 0 spiro atoms. The first kappa shape index (κ1) is 13.5. The van der Waals surface area contributed by atoms with Gasteiger partial charge in [0.25, 0.3) is 0 Å². The molecule has 4 aromatic rings. The number of hydrogen-bond acceptors (Lipinski definition) is 3.